The number of nitrogens with one attached hydrogen (secondary N) is 1. The van der Waals surface area contributed by atoms with Crippen LogP contribution in [0.2, 0.25) is 5.02 Å². The minimum absolute atomic E-state index is 0.107. The van der Waals surface area contributed by atoms with Gasteiger partial charge in [-0.3, -0.25) is 9.29 Å². The molecule has 1 aliphatic carbocycles. The van der Waals surface area contributed by atoms with E-state index >= 15 is 0 Å². The van der Waals surface area contributed by atoms with Crippen molar-refractivity contribution >= 4 is 27.6 Å². The normalized spacial score (nSPS) is 17.5. The van der Waals surface area contributed by atoms with Gasteiger partial charge in [-0.05, 0) is 19.8 Å². The predicted octanol–water partition coefficient (Wildman–Crippen LogP) is 1.52. The van der Waals surface area contributed by atoms with E-state index in [0.29, 0.717) is 17.5 Å². The number of hydrogen-bond donors (Lipinski definition) is 1. The van der Waals surface area contributed by atoms with Gasteiger partial charge in [0.05, 0.1) is 17.2 Å². The van der Waals surface area contributed by atoms with Crippen LogP contribution in [-0.4, -0.2) is 66.3 Å². The molecule has 0 amide bonds. The lowest BCUT2D eigenvalue weighted by Gasteiger charge is -2.24. The van der Waals surface area contributed by atoms with Gasteiger partial charge in [0.2, 0.25) is 16.0 Å². The molecule has 0 radical (unpaired) electrons. The van der Waals surface area contributed by atoms with Crippen molar-refractivity contribution in [1.29, 1.82) is 0 Å². The van der Waals surface area contributed by atoms with Crippen LogP contribution in [0.1, 0.15) is 37.5 Å². The standard InChI is InChI=1S/C17H25ClN6O5S/c1-11(14(29-4)15-19-7-12(18)8-20-15)30(25,26)23-16-22-21-13(9-27-2)24(16)17(5-6-17)10-28-3/h7-8,11,14H,5-6,9-10H2,1-4H3,(H,22,23)/t11-,14-/m0/s1. The van der Waals surface area contributed by atoms with Gasteiger partial charge in [-0.25, -0.2) is 18.4 Å². The molecule has 1 fully saturated rings. The largest absolute Gasteiger partial charge is 0.382 e. The van der Waals surface area contributed by atoms with Crippen LogP contribution in [0.25, 0.3) is 0 Å². The summed E-state index contributed by atoms with van der Waals surface area (Å²) in [6, 6.07) is 0. The van der Waals surface area contributed by atoms with Crippen LogP contribution in [-0.2, 0) is 36.4 Å². The summed E-state index contributed by atoms with van der Waals surface area (Å²) in [6.07, 6.45) is 3.50. The molecular weight excluding hydrogens is 436 g/mol. The molecule has 2 aromatic heterocycles. The Labute approximate surface area is 180 Å². The Morgan fingerprint density at radius 2 is 1.87 bits per heavy atom. The van der Waals surface area contributed by atoms with Gasteiger partial charge in [-0.15, -0.1) is 10.2 Å². The number of aromatic nitrogens is 5. The van der Waals surface area contributed by atoms with Crippen LogP contribution < -0.4 is 4.72 Å². The van der Waals surface area contributed by atoms with Crippen molar-refractivity contribution in [3.63, 3.8) is 0 Å². The maximum Gasteiger partial charge on any atom is 0.240 e. The summed E-state index contributed by atoms with van der Waals surface area (Å²) in [6.45, 7) is 2.10. The van der Waals surface area contributed by atoms with Gasteiger partial charge in [0.15, 0.2) is 11.6 Å². The monoisotopic (exact) mass is 460 g/mol. The second kappa shape index (κ2) is 9.10. The number of halogens is 1. The summed E-state index contributed by atoms with van der Waals surface area (Å²) < 4.78 is 46.5. The molecule has 2 atom stereocenters. The molecule has 30 heavy (non-hydrogen) atoms. The number of anilines is 1. The van der Waals surface area contributed by atoms with Crippen molar-refractivity contribution in [3.05, 3.63) is 29.1 Å². The molecular formula is C17H25ClN6O5S. The number of nitrogens with zero attached hydrogens (tertiary/aromatic N) is 5. The number of sulfonamides is 1. The third-order valence-corrected chi connectivity index (χ3v) is 6.90. The molecule has 11 nitrogen and oxygen atoms in total. The second-order valence-corrected chi connectivity index (χ2v) is 9.61. The van der Waals surface area contributed by atoms with E-state index in [4.69, 9.17) is 25.8 Å². The highest BCUT2D eigenvalue weighted by molar-refractivity contribution is 7.93. The molecule has 2 heterocycles. The lowest BCUT2D eigenvalue weighted by Crippen LogP contribution is -2.35. The lowest BCUT2D eigenvalue weighted by atomic mass is 10.2. The third-order valence-electron chi connectivity index (χ3n) is 5.02. The van der Waals surface area contributed by atoms with Crippen LogP contribution >= 0.6 is 11.6 Å². The summed E-state index contributed by atoms with van der Waals surface area (Å²) >= 11 is 5.82. The Morgan fingerprint density at radius 3 is 2.40 bits per heavy atom. The highest BCUT2D eigenvalue weighted by atomic mass is 35.5. The van der Waals surface area contributed by atoms with E-state index in [9.17, 15) is 8.42 Å². The first-order valence-corrected chi connectivity index (χ1v) is 11.1. The summed E-state index contributed by atoms with van der Waals surface area (Å²) in [5, 5.41) is 7.47. The van der Waals surface area contributed by atoms with Gasteiger partial charge in [0.25, 0.3) is 0 Å². The quantitative estimate of drug-likeness (QED) is 0.530. The van der Waals surface area contributed by atoms with Crippen LogP contribution in [0.3, 0.4) is 0 Å². The molecule has 1 saturated carbocycles. The molecule has 0 bridgehead atoms. The number of rotatable bonds is 11. The Kier molecular flexibility index (Phi) is 6.92. The molecule has 0 unspecified atom stereocenters. The molecule has 3 rings (SSSR count). The third kappa shape index (κ3) is 4.57. The second-order valence-electron chi connectivity index (χ2n) is 7.13. The molecule has 0 aromatic carbocycles. The van der Waals surface area contributed by atoms with Crippen molar-refractivity contribution in [2.45, 2.75) is 43.3 Å². The zero-order valence-corrected chi connectivity index (χ0v) is 18.8. The van der Waals surface area contributed by atoms with Gasteiger partial charge in [-0.1, -0.05) is 11.6 Å². The zero-order valence-electron chi connectivity index (χ0n) is 17.2. The fourth-order valence-electron chi connectivity index (χ4n) is 3.31. The van der Waals surface area contributed by atoms with Gasteiger partial charge in [0.1, 0.15) is 18.0 Å². The summed E-state index contributed by atoms with van der Waals surface area (Å²) in [7, 11) is 0.584. The van der Waals surface area contributed by atoms with Crippen LogP contribution in [0.15, 0.2) is 12.4 Å². The smallest absolute Gasteiger partial charge is 0.240 e. The van der Waals surface area contributed by atoms with E-state index in [-0.39, 0.29) is 18.4 Å². The summed E-state index contributed by atoms with van der Waals surface area (Å²) in [4.78, 5) is 8.17. The average molecular weight is 461 g/mol. The summed E-state index contributed by atoms with van der Waals surface area (Å²) in [5.41, 5.74) is -0.396. The topological polar surface area (TPSA) is 130 Å². The fraction of sp³-hybridized carbons (Fsp3) is 0.647. The SMILES string of the molecule is COCc1nnc(NS(=O)(=O)[C@@H](C)[C@H](OC)c2ncc(Cl)cn2)n1C1(COC)CC1. The number of hydrogen-bond acceptors (Lipinski definition) is 9. The van der Waals surface area contributed by atoms with Crippen molar-refractivity contribution in [2.24, 2.45) is 0 Å². The van der Waals surface area contributed by atoms with Crippen LogP contribution in [0, 0.1) is 0 Å². The predicted molar refractivity (Wildman–Crippen MR) is 109 cm³/mol. The van der Waals surface area contributed by atoms with E-state index < -0.39 is 26.9 Å². The van der Waals surface area contributed by atoms with Crippen molar-refractivity contribution in [1.82, 2.24) is 24.7 Å². The first-order valence-electron chi connectivity index (χ1n) is 9.22. The van der Waals surface area contributed by atoms with Crippen molar-refractivity contribution < 1.29 is 22.6 Å². The molecule has 13 heteroatoms. The van der Waals surface area contributed by atoms with E-state index in [1.54, 1.807) is 11.7 Å². The Morgan fingerprint density at radius 1 is 1.20 bits per heavy atom. The maximum atomic E-state index is 13.1. The molecule has 0 spiro atoms. The number of methoxy groups -OCH3 is 3. The minimum atomic E-state index is -3.95. The Hall–Kier alpha value is -1.86. The molecule has 0 aliphatic heterocycles. The van der Waals surface area contributed by atoms with Crippen LogP contribution in [0.4, 0.5) is 5.95 Å². The van der Waals surface area contributed by atoms with Gasteiger partial charge in [0, 0.05) is 33.7 Å². The Balaban J connectivity index is 1.90. The minimum Gasteiger partial charge on any atom is -0.382 e. The highest BCUT2D eigenvalue weighted by Gasteiger charge is 2.48. The maximum absolute atomic E-state index is 13.1. The van der Waals surface area contributed by atoms with E-state index in [2.05, 4.69) is 24.9 Å². The fourth-order valence-corrected chi connectivity index (χ4v) is 4.54. The Bertz CT molecular complexity index is 964. The van der Waals surface area contributed by atoms with Gasteiger partial charge in [-0.2, -0.15) is 0 Å². The van der Waals surface area contributed by atoms with Crippen LogP contribution in [0.5, 0.6) is 0 Å². The first-order chi connectivity index (χ1) is 14.3. The first kappa shape index (κ1) is 22.8. The number of ether oxygens (including phenoxy) is 3. The molecule has 166 valence electrons. The molecule has 1 N–H and O–H groups in total. The molecule has 1 aliphatic rings. The molecule has 0 saturated heterocycles. The van der Waals surface area contributed by atoms with E-state index in [1.807, 2.05) is 0 Å². The van der Waals surface area contributed by atoms with Gasteiger partial charge < -0.3 is 14.2 Å². The van der Waals surface area contributed by atoms with Crippen molar-refractivity contribution in [3.8, 4) is 0 Å². The molecule has 2 aromatic rings. The lowest BCUT2D eigenvalue weighted by molar-refractivity contribution is 0.0950. The van der Waals surface area contributed by atoms with Gasteiger partial charge >= 0.3 is 0 Å². The average Bonchev–Trinajstić information content (AvgIpc) is 3.37. The van der Waals surface area contributed by atoms with E-state index in [1.165, 1.54) is 33.5 Å². The van der Waals surface area contributed by atoms with E-state index in [0.717, 1.165) is 12.8 Å². The van der Waals surface area contributed by atoms with Crippen molar-refractivity contribution in [2.75, 3.05) is 32.7 Å². The zero-order chi connectivity index (χ0) is 21.9. The highest BCUT2D eigenvalue weighted by Crippen LogP contribution is 2.46. The summed E-state index contributed by atoms with van der Waals surface area (Å²) in [5.74, 6) is 0.830.